The molecule has 0 aromatic carbocycles. The summed E-state index contributed by atoms with van der Waals surface area (Å²) < 4.78 is 47.8. The zero-order chi connectivity index (χ0) is 26.4. The Morgan fingerprint density at radius 2 is 1.95 bits per heavy atom. The van der Waals surface area contributed by atoms with E-state index in [0.717, 1.165) is 55.1 Å². The fourth-order valence-corrected chi connectivity index (χ4v) is 6.33. The molecule has 0 saturated heterocycles. The van der Waals surface area contributed by atoms with Crippen molar-refractivity contribution in [3.05, 3.63) is 24.0 Å². The van der Waals surface area contributed by atoms with Crippen molar-refractivity contribution in [2.75, 3.05) is 24.7 Å². The number of hydrogen-bond donors (Lipinski definition) is 2. The van der Waals surface area contributed by atoms with Crippen LogP contribution in [0.2, 0.25) is 25.7 Å². The molecule has 0 unspecified atom stereocenters. The number of nitrogens with zero attached hydrogens (tertiary/aromatic N) is 3. The molecule has 0 atom stereocenters. The highest BCUT2D eigenvalue weighted by molar-refractivity contribution is 6.76. The Bertz CT molecular complexity index is 1130. The lowest BCUT2D eigenvalue weighted by molar-refractivity contribution is -0.166. The van der Waals surface area contributed by atoms with Gasteiger partial charge in [-0.3, -0.25) is 4.79 Å². The van der Waals surface area contributed by atoms with Gasteiger partial charge in [-0.05, 0) is 63.1 Å². The molecule has 204 valence electrons. The summed E-state index contributed by atoms with van der Waals surface area (Å²) in [6.45, 7) is 8.95. The van der Waals surface area contributed by atoms with Crippen molar-refractivity contribution in [3.63, 3.8) is 0 Å². The van der Waals surface area contributed by atoms with Gasteiger partial charge in [0.2, 0.25) is 0 Å². The van der Waals surface area contributed by atoms with Crippen LogP contribution >= 0.6 is 0 Å². The van der Waals surface area contributed by atoms with Gasteiger partial charge in [0, 0.05) is 38.5 Å². The predicted octanol–water partition coefficient (Wildman–Crippen LogP) is 5.10. The van der Waals surface area contributed by atoms with Crippen molar-refractivity contribution in [2.45, 2.75) is 88.7 Å². The number of amides is 1. The van der Waals surface area contributed by atoms with E-state index in [-0.39, 0.29) is 30.7 Å². The second-order valence-electron chi connectivity index (χ2n) is 12.2. The molecule has 11 heteroatoms. The maximum atomic E-state index is 13.3. The summed E-state index contributed by atoms with van der Waals surface area (Å²) in [5.41, 5.74) is 0.626. The van der Waals surface area contributed by atoms with Crippen LogP contribution in [-0.4, -0.2) is 61.1 Å². The Balaban J connectivity index is 1.26. The van der Waals surface area contributed by atoms with Crippen LogP contribution in [0.3, 0.4) is 0 Å². The molecule has 2 aliphatic carbocycles. The first-order valence-electron chi connectivity index (χ1n) is 13.4. The van der Waals surface area contributed by atoms with Crippen LogP contribution in [0.25, 0.3) is 11.0 Å². The average molecular weight is 538 g/mol. The normalized spacial score (nSPS) is 23.7. The molecule has 3 heterocycles. The summed E-state index contributed by atoms with van der Waals surface area (Å²) in [6.07, 6.45) is 3.31. The lowest BCUT2D eigenvalue weighted by Gasteiger charge is -2.41. The lowest BCUT2D eigenvalue weighted by atomic mass is 9.84. The third-order valence-corrected chi connectivity index (χ3v) is 9.91. The molecule has 2 aromatic heterocycles. The molecule has 37 heavy (non-hydrogen) atoms. The molecule has 2 N–H and O–H groups in total. The summed E-state index contributed by atoms with van der Waals surface area (Å²) in [5.74, 6) is 0.112. The number of rotatable bonds is 9. The van der Waals surface area contributed by atoms with E-state index in [4.69, 9.17) is 4.74 Å². The first kappa shape index (κ1) is 26.5. The van der Waals surface area contributed by atoms with Gasteiger partial charge in [0.05, 0.1) is 17.9 Å². The molecular weight excluding hydrogens is 499 g/mol. The van der Waals surface area contributed by atoms with Gasteiger partial charge in [0.15, 0.2) is 0 Å². The molecule has 0 radical (unpaired) electrons. The number of anilines is 1. The van der Waals surface area contributed by atoms with Crippen LogP contribution in [0.1, 0.15) is 48.9 Å². The molecule has 2 fully saturated rings. The van der Waals surface area contributed by atoms with Crippen molar-refractivity contribution in [1.82, 2.24) is 20.2 Å². The predicted molar refractivity (Wildman–Crippen MR) is 140 cm³/mol. The minimum absolute atomic E-state index is 0.125. The fraction of sp³-hybridized carbons (Fsp3) is 0.692. The Morgan fingerprint density at radius 1 is 1.22 bits per heavy atom. The van der Waals surface area contributed by atoms with Crippen molar-refractivity contribution >= 4 is 30.7 Å². The summed E-state index contributed by atoms with van der Waals surface area (Å²) in [5, 5.41) is 6.75. The molecule has 7 nitrogen and oxygen atoms in total. The molecule has 1 aliphatic heterocycles. The van der Waals surface area contributed by atoms with Crippen LogP contribution in [0.4, 0.5) is 18.9 Å². The van der Waals surface area contributed by atoms with Gasteiger partial charge >= 0.3 is 6.18 Å². The van der Waals surface area contributed by atoms with Crippen molar-refractivity contribution < 1.29 is 22.7 Å². The Kier molecular flexibility index (Phi) is 7.08. The largest absolute Gasteiger partial charge is 0.406 e. The maximum Gasteiger partial charge on any atom is 0.406 e. The lowest BCUT2D eigenvalue weighted by Crippen LogP contribution is -2.51. The van der Waals surface area contributed by atoms with Crippen molar-refractivity contribution in [2.24, 2.45) is 5.92 Å². The van der Waals surface area contributed by atoms with Crippen LogP contribution in [-0.2, 0) is 11.5 Å². The minimum Gasteiger partial charge on any atom is -0.361 e. The number of hydrogen-bond acceptors (Lipinski definition) is 5. The van der Waals surface area contributed by atoms with Gasteiger partial charge in [0.1, 0.15) is 17.9 Å². The number of halogens is 3. The number of pyridine rings is 1. The van der Waals surface area contributed by atoms with E-state index in [2.05, 4.69) is 40.2 Å². The highest BCUT2D eigenvalue weighted by atomic mass is 28.3. The zero-order valence-corrected chi connectivity index (χ0v) is 23.0. The minimum atomic E-state index is -4.17. The monoisotopic (exact) mass is 537 g/mol. The third-order valence-electron chi connectivity index (χ3n) is 8.21. The molecule has 0 spiro atoms. The highest BCUT2D eigenvalue weighted by Crippen LogP contribution is 2.49. The number of alkyl halides is 3. The first-order valence-corrected chi connectivity index (χ1v) is 17.1. The van der Waals surface area contributed by atoms with Crippen LogP contribution in [0, 0.1) is 5.92 Å². The Hall–Kier alpha value is -2.11. The van der Waals surface area contributed by atoms with E-state index in [1.165, 1.54) is 0 Å². The Labute approximate surface area is 217 Å². The van der Waals surface area contributed by atoms with Gasteiger partial charge in [-0.25, -0.2) is 4.98 Å². The number of carbonyl (C=O) groups is 1. The van der Waals surface area contributed by atoms with Crippen molar-refractivity contribution in [3.8, 4) is 0 Å². The summed E-state index contributed by atoms with van der Waals surface area (Å²) >= 11 is 0. The number of carbonyl (C=O) groups excluding carboxylic acids is 1. The topological polar surface area (TPSA) is 71.4 Å². The third kappa shape index (κ3) is 5.54. The Morgan fingerprint density at radius 3 is 2.59 bits per heavy atom. The van der Waals surface area contributed by atoms with Gasteiger partial charge in [-0.2, -0.15) is 13.2 Å². The second-order valence-corrected chi connectivity index (χ2v) is 17.8. The van der Waals surface area contributed by atoms with Crippen LogP contribution in [0.5, 0.6) is 0 Å². The SMILES string of the molecule is C[Si](C)(C)CCOCn1ccc2c3c(cnc21)C(=O)NCN3[C@H]1CC[C@H](CNC2(C(F)(F)F)CC2)CC1. The average Bonchev–Trinajstić information content (AvgIpc) is 3.54. The van der Waals surface area contributed by atoms with E-state index in [0.29, 0.717) is 25.5 Å². The second kappa shape index (κ2) is 9.89. The van der Waals surface area contributed by atoms with Gasteiger partial charge < -0.3 is 24.8 Å². The van der Waals surface area contributed by atoms with E-state index < -0.39 is 19.8 Å². The fourth-order valence-electron chi connectivity index (χ4n) is 5.57. The smallest absolute Gasteiger partial charge is 0.361 e. The number of ether oxygens (including phenoxy) is 1. The molecule has 5 rings (SSSR count). The van der Waals surface area contributed by atoms with E-state index in [1.807, 2.05) is 16.8 Å². The highest BCUT2D eigenvalue weighted by Gasteiger charge is 2.63. The molecule has 2 aromatic rings. The maximum absolute atomic E-state index is 13.3. The zero-order valence-electron chi connectivity index (χ0n) is 22.0. The number of fused-ring (bicyclic) bond motifs is 3. The molecule has 1 amide bonds. The summed E-state index contributed by atoms with van der Waals surface area (Å²) in [7, 11) is -1.17. The van der Waals surface area contributed by atoms with Crippen molar-refractivity contribution in [1.29, 1.82) is 0 Å². The van der Waals surface area contributed by atoms with E-state index in [9.17, 15) is 18.0 Å². The van der Waals surface area contributed by atoms with Gasteiger partial charge in [-0.1, -0.05) is 19.6 Å². The first-order chi connectivity index (χ1) is 17.5. The van der Waals surface area contributed by atoms with E-state index in [1.54, 1.807) is 6.20 Å². The molecule has 0 bridgehead atoms. The van der Waals surface area contributed by atoms with Gasteiger partial charge in [0.25, 0.3) is 5.91 Å². The van der Waals surface area contributed by atoms with Crippen LogP contribution < -0.4 is 15.5 Å². The molecule has 3 aliphatic rings. The van der Waals surface area contributed by atoms with Gasteiger partial charge in [-0.15, -0.1) is 0 Å². The quantitative estimate of drug-likeness (QED) is 0.344. The van der Waals surface area contributed by atoms with E-state index >= 15 is 0 Å². The number of aromatic nitrogens is 2. The molecule has 2 saturated carbocycles. The summed E-state index contributed by atoms with van der Waals surface area (Å²) in [6, 6.07) is 3.32. The molecular formula is C26H38F3N5O2Si. The summed E-state index contributed by atoms with van der Waals surface area (Å²) in [4.78, 5) is 19.5. The van der Waals surface area contributed by atoms with Crippen LogP contribution in [0.15, 0.2) is 18.5 Å². The standard InChI is InChI=1S/C26H38F3N5O2Si/c1-37(2,3)13-12-36-17-33-11-8-20-22-21(15-30-23(20)33)24(35)31-16-34(22)19-6-4-18(5-7-19)14-32-25(9-10-25)26(27,28)29/h8,11,15,18-19,32H,4-7,9-10,12-14,16-17H2,1-3H3,(H,31,35)/t18-,19-. The number of nitrogens with one attached hydrogen (secondary N) is 2.